The second-order valence-electron chi connectivity index (χ2n) is 5.30. The number of ether oxygens (including phenoxy) is 1. The van der Waals surface area contributed by atoms with Gasteiger partial charge < -0.3 is 9.84 Å². The van der Waals surface area contributed by atoms with E-state index >= 15 is 0 Å². The zero-order valence-corrected chi connectivity index (χ0v) is 11.1. The first-order valence-corrected chi connectivity index (χ1v) is 6.27. The van der Waals surface area contributed by atoms with Crippen LogP contribution in [0.5, 0.6) is 0 Å². The molecule has 0 aliphatic carbocycles. The summed E-state index contributed by atoms with van der Waals surface area (Å²) in [6.07, 6.45) is -4.82. The first-order valence-electron chi connectivity index (χ1n) is 6.27. The quantitative estimate of drug-likeness (QED) is 0.829. The van der Waals surface area contributed by atoms with Gasteiger partial charge in [-0.1, -0.05) is 0 Å². The molecule has 0 radical (unpaired) electrons. The monoisotopic (exact) mass is 269 g/mol. The average Bonchev–Trinajstić information content (AvgIpc) is 2.51. The smallest absolute Gasteiger partial charge is 0.389 e. The number of alkyl halides is 3. The molecule has 108 valence electrons. The normalized spacial score (nSPS) is 26.5. The van der Waals surface area contributed by atoms with Gasteiger partial charge in [-0.05, 0) is 33.7 Å². The SMILES string of the molecule is CCOCC(O)CN1CCC(C(F)(F)F)C1(C)C. The van der Waals surface area contributed by atoms with E-state index in [-0.39, 0.29) is 19.6 Å². The summed E-state index contributed by atoms with van der Waals surface area (Å²) in [7, 11) is 0. The van der Waals surface area contributed by atoms with E-state index in [1.54, 1.807) is 18.7 Å². The number of hydrogen-bond donors (Lipinski definition) is 1. The van der Waals surface area contributed by atoms with E-state index < -0.39 is 23.7 Å². The fraction of sp³-hybridized carbons (Fsp3) is 1.00. The molecule has 0 saturated carbocycles. The van der Waals surface area contributed by atoms with Gasteiger partial charge in [0.2, 0.25) is 0 Å². The van der Waals surface area contributed by atoms with Gasteiger partial charge in [-0.15, -0.1) is 0 Å². The largest absolute Gasteiger partial charge is 0.393 e. The van der Waals surface area contributed by atoms with Crippen LogP contribution in [0.4, 0.5) is 13.2 Å². The zero-order chi connectivity index (χ0) is 14.0. The van der Waals surface area contributed by atoms with Crippen LogP contribution in [0.2, 0.25) is 0 Å². The van der Waals surface area contributed by atoms with E-state index in [2.05, 4.69) is 0 Å². The Morgan fingerprint density at radius 3 is 2.50 bits per heavy atom. The lowest BCUT2D eigenvalue weighted by Crippen LogP contribution is -2.50. The first-order chi connectivity index (χ1) is 8.19. The summed E-state index contributed by atoms with van der Waals surface area (Å²) < 4.78 is 43.6. The van der Waals surface area contributed by atoms with Crippen LogP contribution in [-0.4, -0.2) is 54.1 Å². The number of nitrogens with zero attached hydrogens (tertiary/aromatic N) is 1. The van der Waals surface area contributed by atoms with Gasteiger partial charge in [0.25, 0.3) is 0 Å². The molecule has 1 rings (SSSR count). The van der Waals surface area contributed by atoms with Crippen molar-refractivity contribution in [3.05, 3.63) is 0 Å². The first kappa shape index (κ1) is 15.7. The minimum atomic E-state index is -4.18. The highest BCUT2D eigenvalue weighted by molar-refractivity contribution is 4.98. The van der Waals surface area contributed by atoms with Crippen LogP contribution < -0.4 is 0 Å². The summed E-state index contributed by atoms with van der Waals surface area (Å²) in [4.78, 5) is 1.70. The molecule has 1 N–H and O–H groups in total. The molecule has 0 aromatic rings. The van der Waals surface area contributed by atoms with Crippen molar-refractivity contribution in [1.82, 2.24) is 4.90 Å². The van der Waals surface area contributed by atoms with E-state index in [0.717, 1.165) is 0 Å². The maximum atomic E-state index is 12.9. The Morgan fingerprint density at radius 2 is 2.06 bits per heavy atom. The van der Waals surface area contributed by atoms with Gasteiger partial charge in [0.15, 0.2) is 0 Å². The maximum Gasteiger partial charge on any atom is 0.393 e. The number of aliphatic hydroxyl groups excluding tert-OH is 1. The highest BCUT2D eigenvalue weighted by Crippen LogP contribution is 2.44. The Morgan fingerprint density at radius 1 is 1.44 bits per heavy atom. The van der Waals surface area contributed by atoms with Crippen molar-refractivity contribution in [2.75, 3.05) is 26.3 Å². The number of halogens is 3. The highest BCUT2D eigenvalue weighted by atomic mass is 19.4. The molecule has 1 fully saturated rings. The molecule has 0 amide bonds. The Labute approximate surface area is 106 Å². The minimum Gasteiger partial charge on any atom is -0.389 e. The number of hydrogen-bond acceptors (Lipinski definition) is 3. The van der Waals surface area contributed by atoms with Crippen molar-refractivity contribution >= 4 is 0 Å². The van der Waals surface area contributed by atoms with E-state index in [0.29, 0.717) is 13.2 Å². The molecule has 2 unspecified atom stereocenters. The number of aliphatic hydroxyl groups is 1. The van der Waals surface area contributed by atoms with Gasteiger partial charge in [0, 0.05) is 18.7 Å². The van der Waals surface area contributed by atoms with Crippen molar-refractivity contribution in [3.8, 4) is 0 Å². The molecule has 18 heavy (non-hydrogen) atoms. The Bertz CT molecular complexity index is 269. The fourth-order valence-corrected chi connectivity index (χ4v) is 2.60. The standard InChI is InChI=1S/C12H22F3NO2/c1-4-18-8-9(17)7-16-6-5-10(11(16,2)3)12(13,14)15/h9-10,17H,4-8H2,1-3H3. The second kappa shape index (κ2) is 5.75. The number of likely N-dealkylation sites (tertiary alicyclic amines) is 1. The topological polar surface area (TPSA) is 32.7 Å². The van der Waals surface area contributed by atoms with Crippen LogP contribution in [0.3, 0.4) is 0 Å². The van der Waals surface area contributed by atoms with Crippen LogP contribution in [0, 0.1) is 5.92 Å². The molecule has 2 atom stereocenters. The van der Waals surface area contributed by atoms with Crippen molar-refractivity contribution in [3.63, 3.8) is 0 Å². The molecule has 0 bridgehead atoms. The van der Waals surface area contributed by atoms with Crippen LogP contribution in [0.1, 0.15) is 27.2 Å². The third-order valence-corrected chi connectivity index (χ3v) is 3.70. The number of rotatable bonds is 5. The Balaban J connectivity index is 2.59. The minimum absolute atomic E-state index is 0.0951. The lowest BCUT2D eigenvalue weighted by Gasteiger charge is -2.37. The molecule has 3 nitrogen and oxygen atoms in total. The van der Waals surface area contributed by atoms with Gasteiger partial charge in [-0.3, -0.25) is 4.90 Å². The molecule has 1 saturated heterocycles. The van der Waals surface area contributed by atoms with Crippen LogP contribution >= 0.6 is 0 Å². The second-order valence-corrected chi connectivity index (χ2v) is 5.30. The summed E-state index contributed by atoms with van der Waals surface area (Å²) >= 11 is 0. The molecule has 1 aliphatic rings. The van der Waals surface area contributed by atoms with Gasteiger partial charge in [0.1, 0.15) is 0 Å². The zero-order valence-electron chi connectivity index (χ0n) is 11.1. The predicted molar refractivity (Wildman–Crippen MR) is 62.3 cm³/mol. The molecule has 1 aliphatic heterocycles. The molecule has 0 aromatic carbocycles. The Kier molecular flexibility index (Phi) is 5.03. The van der Waals surface area contributed by atoms with Crippen LogP contribution in [-0.2, 0) is 4.74 Å². The molecule has 6 heteroatoms. The third-order valence-electron chi connectivity index (χ3n) is 3.70. The van der Waals surface area contributed by atoms with Crippen molar-refractivity contribution in [2.24, 2.45) is 5.92 Å². The van der Waals surface area contributed by atoms with Gasteiger partial charge in [-0.25, -0.2) is 0 Å². The number of β-amino-alcohol motifs (C(OH)–C–C–N with tert-alkyl or cyclic N) is 1. The van der Waals surface area contributed by atoms with E-state index in [4.69, 9.17) is 4.74 Å². The molecule has 1 heterocycles. The molecule has 0 aromatic heterocycles. The van der Waals surface area contributed by atoms with Gasteiger partial charge in [0.05, 0.1) is 18.6 Å². The molecule has 0 spiro atoms. The lowest BCUT2D eigenvalue weighted by molar-refractivity contribution is -0.192. The van der Waals surface area contributed by atoms with Crippen molar-refractivity contribution < 1.29 is 23.0 Å². The summed E-state index contributed by atoms with van der Waals surface area (Å²) in [5.41, 5.74) is -0.967. The van der Waals surface area contributed by atoms with Gasteiger partial charge in [-0.2, -0.15) is 13.2 Å². The molecular formula is C12H22F3NO2. The fourth-order valence-electron chi connectivity index (χ4n) is 2.60. The maximum absolute atomic E-state index is 12.9. The van der Waals surface area contributed by atoms with E-state index in [9.17, 15) is 18.3 Å². The lowest BCUT2D eigenvalue weighted by atomic mass is 9.88. The average molecular weight is 269 g/mol. The summed E-state index contributed by atoms with van der Waals surface area (Å²) in [6.45, 7) is 6.23. The summed E-state index contributed by atoms with van der Waals surface area (Å²) in [6, 6.07) is 0. The van der Waals surface area contributed by atoms with Crippen molar-refractivity contribution in [2.45, 2.75) is 45.0 Å². The Hall–Kier alpha value is -0.330. The van der Waals surface area contributed by atoms with Crippen molar-refractivity contribution in [1.29, 1.82) is 0 Å². The van der Waals surface area contributed by atoms with Crippen LogP contribution in [0.15, 0.2) is 0 Å². The van der Waals surface area contributed by atoms with E-state index in [1.807, 2.05) is 6.92 Å². The highest BCUT2D eigenvalue weighted by Gasteiger charge is 2.54. The van der Waals surface area contributed by atoms with Gasteiger partial charge >= 0.3 is 6.18 Å². The third kappa shape index (κ3) is 3.59. The predicted octanol–water partition coefficient (Wildman–Crippen LogP) is 2.05. The summed E-state index contributed by atoms with van der Waals surface area (Å²) in [5.74, 6) is -1.33. The van der Waals surface area contributed by atoms with Crippen LogP contribution in [0.25, 0.3) is 0 Å². The van der Waals surface area contributed by atoms with E-state index in [1.165, 1.54) is 0 Å². The molecular weight excluding hydrogens is 247 g/mol. The summed E-state index contributed by atoms with van der Waals surface area (Å²) in [5, 5.41) is 9.71.